The quantitative estimate of drug-likeness (QED) is 0.390. The Morgan fingerprint density at radius 1 is 0.688 bits per heavy atom. The number of fused-ring (bicyclic) bond motifs is 1. The summed E-state index contributed by atoms with van der Waals surface area (Å²) in [5, 5.41) is 1.96. The van der Waals surface area contributed by atoms with Gasteiger partial charge in [0, 0.05) is 16.7 Å². The van der Waals surface area contributed by atoms with Crippen molar-refractivity contribution in [3.05, 3.63) is 113 Å². The first-order valence-corrected chi connectivity index (χ1v) is 11.2. The number of anilines is 1. The van der Waals surface area contributed by atoms with E-state index in [0.29, 0.717) is 5.69 Å². The molecule has 1 aliphatic heterocycles. The maximum absolute atomic E-state index is 14.1. The standard InChI is InChI=1S/C29H21NO2/c1-29-21-14-6-4-12-19(21)24(20-13-5-7-15-22(20)29)25-26(29)28(32)30(27(25)31)23-16-8-10-17-9-2-3-11-18(17)23/h2-16,24-26H,1H3/t24?,25-,26-,29?/m1/s1. The normalized spacial score (nSPS) is 27.4. The Morgan fingerprint density at radius 3 is 2.00 bits per heavy atom. The Hall–Kier alpha value is -3.72. The summed E-state index contributed by atoms with van der Waals surface area (Å²) in [6, 6.07) is 30.6. The third-order valence-corrected chi connectivity index (χ3v) is 8.05. The Bertz CT molecular complexity index is 1420. The van der Waals surface area contributed by atoms with Crippen LogP contribution in [0.5, 0.6) is 0 Å². The van der Waals surface area contributed by atoms with Crippen molar-refractivity contribution in [1.29, 1.82) is 0 Å². The van der Waals surface area contributed by atoms with E-state index in [9.17, 15) is 9.59 Å². The van der Waals surface area contributed by atoms with E-state index >= 15 is 0 Å². The molecule has 154 valence electrons. The van der Waals surface area contributed by atoms with Gasteiger partial charge in [0.05, 0.1) is 17.5 Å². The second-order valence-electron chi connectivity index (χ2n) is 9.37. The molecule has 4 aromatic rings. The van der Waals surface area contributed by atoms with Gasteiger partial charge in [-0.3, -0.25) is 9.59 Å². The zero-order chi connectivity index (χ0) is 21.6. The minimum absolute atomic E-state index is 0.0726. The van der Waals surface area contributed by atoms with Gasteiger partial charge in [0.25, 0.3) is 0 Å². The molecule has 32 heavy (non-hydrogen) atoms. The number of hydrogen-bond acceptors (Lipinski definition) is 2. The van der Waals surface area contributed by atoms with Crippen LogP contribution in [0.15, 0.2) is 91.0 Å². The molecule has 2 atom stereocenters. The maximum Gasteiger partial charge on any atom is 0.238 e. The molecule has 0 spiro atoms. The van der Waals surface area contributed by atoms with E-state index in [2.05, 4.69) is 31.2 Å². The number of hydrogen-bond donors (Lipinski definition) is 0. The summed E-state index contributed by atoms with van der Waals surface area (Å²) in [4.78, 5) is 29.7. The third-order valence-electron chi connectivity index (χ3n) is 8.05. The molecule has 1 saturated heterocycles. The molecular formula is C29H21NO2. The van der Waals surface area contributed by atoms with Gasteiger partial charge in [-0.25, -0.2) is 4.90 Å². The molecule has 3 aliphatic carbocycles. The zero-order valence-corrected chi connectivity index (χ0v) is 17.7. The number of imide groups is 1. The van der Waals surface area contributed by atoms with Crippen LogP contribution in [0.1, 0.15) is 35.1 Å². The Labute approximate surface area is 186 Å². The van der Waals surface area contributed by atoms with Crippen LogP contribution >= 0.6 is 0 Å². The maximum atomic E-state index is 14.1. The molecule has 0 saturated carbocycles. The van der Waals surface area contributed by atoms with E-state index in [1.54, 1.807) is 0 Å². The van der Waals surface area contributed by atoms with Crippen molar-refractivity contribution in [1.82, 2.24) is 0 Å². The molecule has 1 heterocycles. The molecule has 4 aromatic carbocycles. The predicted octanol–water partition coefficient (Wildman–Crippen LogP) is 5.41. The smallest absolute Gasteiger partial charge is 0.238 e. The molecule has 0 N–H and O–H groups in total. The van der Waals surface area contributed by atoms with E-state index < -0.39 is 11.3 Å². The van der Waals surface area contributed by atoms with Gasteiger partial charge in [0.15, 0.2) is 0 Å². The van der Waals surface area contributed by atoms with Crippen molar-refractivity contribution in [3.8, 4) is 0 Å². The number of benzene rings is 4. The summed E-state index contributed by atoms with van der Waals surface area (Å²) >= 11 is 0. The minimum Gasteiger partial charge on any atom is -0.274 e. The molecule has 8 rings (SSSR count). The van der Waals surface area contributed by atoms with Crippen LogP contribution in [-0.2, 0) is 15.0 Å². The first kappa shape index (κ1) is 17.9. The summed E-state index contributed by atoms with van der Waals surface area (Å²) in [6.45, 7) is 2.16. The van der Waals surface area contributed by atoms with Crippen LogP contribution in [-0.4, -0.2) is 11.8 Å². The molecule has 2 bridgehead atoms. The highest BCUT2D eigenvalue weighted by molar-refractivity contribution is 6.26. The van der Waals surface area contributed by atoms with E-state index in [1.807, 2.05) is 66.7 Å². The number of amides is 2. The topological polar surface area (TPSA) is 37.4 Å². The summed E-state index contributed by atoms with van der Waals surface area (Å²) in [5.74, 6) is -1.02. The monoisotopic (exact) mass is 415 g/mol. The first-order chi connectivity index (χ1) is 15.6. The van der Waals surface area contributed by atoms with Gasteiger partial charge in [-0.15, -0.1) is 0 Å². The molecule has 3 nitrogen and oxygen atoms in total. The molecule has 0 radical (unpaired) electrons. The summed E-state index contributed by atoms with van der Waals surface area (Å²) in [6.07, 6.45) is 0. The number of nitrogens with zero attached hydrogens (tertiary/aromatic N) is 1. The average molecular weight is 415 g/mol. The average Bonchev–Trinajstić information content (AvgIpc) is 3.10. The predicted molar refractivity (Wildman–Crippen MR) is 125 cm³/mol. The van der Waals surface area contributed by atoms with Gasteiger partial charge in [-0.2, -0.15) is 0 Å². The van der Waals surface area contributed by atoms with Gasteiger partial charge in [-0.05, 0) is 33.7 Å². The third kappa shape index (κ3) is 1.93. The van der Waals surface area contributed by atoms with Crippen molar-refractivity contribution < 1.29 is 9.59 Å². The van der Waals surface area contributed by atoms with Crippen LogP contribution in [0.3, 0.4) is 0 Å². The lowest BCUT2D eigenvalue weighted by molar-refractivity contribution is -0.123. The number of rotatable bonds is 1. The SMILES string of the molecule is CC12c3ccccc3C(c3ccccc31)[C@H]1C(=O)N(c3cccc4ccccc34)C(=O)[C@@H]12. The highest BCUT2D eigenvalue weighted by Crippen LogP contribution is 2.64. The van der Waals surface area contributed by atoms with Crippen molar-refractivity contribution in [2.24, 2.45) is 11.8 Å². The van der Waals surface area contributed by atoms with Crippen molar-refractivity contribution in [2.75, 3.05) is 4.90 Å². The lowest BCUT2D eigenvalue weighted by atomic mass is 9.48. The second kappa shape index (κ2) is 5.95. The lowest BCUT2D eigenvalue weighted by Gasteiger charge is -2.52. The van der Waals surface area contributed by atoms with Crippen LogP contribution in [0, 0.1) is 11.8 Å². The van der Waals surface area contributed by atoms with Crippen LogP contribution < -0.4 is 4.90 Å². The zero-order valence-electron chi connectivity index (χ0n) is 17.7. The van der Waals surface area contributed by atoms with Crippen molar-refractivity contribution >= 4 is 28.3 Å². The molecule has 0 aromatic heterocycles. The van der Waals surface area contributed by atoms with E-state index in [0.717, 1.165) is 10.8 Å². The number of carbonyl (C=O) groups is 2. The Kier molecular flexibility index (Phi) is 3.33. The fourth-order valence-electron chi connectivity index (χ4n) is 6.79. The van der Waals surface area contributed by atoms with Gasteiger partial charge in [0.2, 0.25) is 11.8 Å². The first-order valence-electron chi connectivity index (χ1n) is 11.2. The highest BCUT2D eigenvalue weighted by atomic mass is 16.2. The minimum atomic E-state index is -0.529. The van der Waals surface area contributed by atoms with Gasteiger partial charge < -0.3 is 0 Å². The second-order valence-corrected chi connectivity index (χ2v) is 9.37. The molecule has 4 aliphatic rings. The Morgan fingerprint density at radius 2 is 1.28 bits per heavy atom. The lowest BCUT2D eigenvalue weighted by Crippen LogP contribution is -2.51. The molecule has 2 amide bonds. The molecular weight excluding hydrogens is 394 g/mol. The summed E-state index contributed by atoms with van der Waals surface area (Å²) in [5.41, 5.74) is 4.92. The fourth-order valence-corrected chi connectivity index (χ4v) is 6.79. The van der Waals surface area contributed by atoms with Gasteiger partial charge in [0.1, 0.15) is 0 Å². The molecule has 3 heteroatoms. The fraction of sp³-hybridized carbons (Fsp3) is 0.172. The summed E-state index contributed by atoms with van der Waals surface area (Å²) < 4.78 is 0. The van der Waals surface area contributed by atoms with Gasteiger partial charge in [-0.1, -0.05) is 91.9 Å². The van der Waals surface area contributed by atoms with E-state index in [4.69, 9.17) is 0 Å². The summed E-state index contributed by atoms with van der Waals surface area (Å²) in [7, 11) is 0. The van der Waals surface area contributed by atoms with Crippen molar-refractivity contribution in [2.45, 2.75) is 18.3 Å². The van der Waals surface area contributed by atoms with Crippen LogP contribution in [0.2, 0.25) is 0 Å². The van der Waals surface area contributed by atoms with Crippen LogP contribution in [0.4, 0.5) is 5.69 Å². The highest BCUT2D eigenvalue weighted by Gasteiger charge is 2.66. The van der Waals surface area contributed by atoms with Crippen LogP contribution in [0.25, 0.3) is 10.8 Å². The van der Waals surface area contributed by atoms with E-state index in [-0.39, 0.29) is 23.7 Å². The Balaban J connectivity index is 1.50. The molecule has 1 fully saturated rings. The largest absolute Gasteiger partial charge is 0.274 e. The van der Waals surface area contributed by atoms with Gasteiger partial charge >= 0.3 is 0 Å². The van der Waals surface area contributed by atoms with E-state index in [1.165, 1.54) is 27.2 Å². The number of carbonyl (C=O) groups excluding carboxylic acids is 2. The molecule has 0 unspecified atom stereocenters. The van der Waals surface area contributed by atoms with Crippen molar-refractivity contribution in [3.63, 3.8) is 0 Å².